The van der Waals surface area contributed by atoms with Crippen LogP contribution in [0.2, 0.25) is 0 Å². The van der Waals surface area contributed by atoms with Gasteiger partial charge in [0.1, 0.15) is 13.2 Å². The lowest BCUT2D eigenvalue weighted by Gasteiger charge is -2.19. The highest BCUT2D eigenvalue weighted by Crippen LogP contribution is 2.36. The number of benzene rings is 1. The number of ether oxygens (including phenoxy) is 2. The van der Waals surface area contributed by atoms with Crippen LogP contribution in [-0.4, -0.2) is 13.2 Å². The second-order valence-electron chi connectivity index (χ2n) is 2.72. The number of fused-ring (bicyclic) bond motifs is 1. The van der Waals surface area contributed by atoms with E-state index >= 15 is 0 Å². The van der Waals surface area contributed by atoms with E-state index in [1.165, 1.54) is 5.56 Å². The van der Waals surface area contributed by atoms with Crippen LogP contribution in [-0.2, 0) is 4.43 Å². The maximum absolute atomic E-state index is 5.47. The zero-order valence-corrected chi connectivity index (χ0v) is 10.6. The van der Waals surface area contributed by atoms with Crippen molar-refractivity contribution in [2.75, 3.05) is 13.2 Å². The molecule has 13 heavy (non-hydrogen) atoms. The van der Waals surface area contributed by atoms with Crippen LogP contribution in [0.25, 0.3) is 0 Å². The minimum atomic E-state index is 0.642. The molecule has 0 N–H and O–H groups in total. The molecule has 1 heterocycles. The van der Waals surface area contributed by atoms with Crippen LogP contribution in [0.15, 0.2) is 16.6 Å². The highest BCUT2D eigenvalue weighted by Gasteiger charge is 2.13. The summed E-state index contributed by atoms with van der Waals surface area (Å²) in [7, 11) is 0. The zero-order chi connectivity index (χ0) is 9.26. The molecule has 0 atom stereocenters. The molecule has 4 heteroatoms. The number of rotatable bonds is 1. The van der Waals surface area contributed by atoms with Crippen molar-refractivity contribution in [2.45, 2.75) is 4.43 Å². The van der Waals surface area contributed by atoms with E-state index < -0.39 is 0 Å². The molecule has 1 aliphatic rings. The van der Waals surface area contributed by atoms with Gasteiger partial charge >= 0.3 is 0 Å². The number of halogens is 2. The first-order valence-electron chi connectivity index (χ1n) is 3.95. The second-order valence-corrected chi connectivity index (χ2v) is 4.34. The van der Waals surface area contributed by atoms with E-state index in [9.17, 15) is 0 Å². The first-order chi connectivity index (χ1) is 6.31. The van der Waals surface area contributed by atoms with Crippen molar-refractivity contribution in [1.82, 2.24) is 0 Å². The van der Waals surface area contributed by atoms with Gasteiger partial charge in [0.15, 0.2) is 11.5 Å². The Labute approximate surface area is 98.9 Å². The number of hydrogen-bond donors (Lipinski definition) is 0. The van der Waals surface area contributed by atoms with E-state index in [1.54, 1.807) is 0 Å². The summed E-state index contributed by atoms with van der Waals surface area (Å²) < 4.78 is 13.0. The molecule has 0 amide bonds. The van der Waals surface area contributed by atoms with Crippen LogP contribution in [0.3, 0.4) is 0 Å². The van der Waals surface area contributed by atoms with E-state index in [2.05, 4.69) is 38.5 Å². The smallest absolute Gasteiger partial charge is 0.162 e. The fraction of sp³-hybridized carbons (Fsp3) is 0.333. The Hall–Kier alpha value is 0.0300. The molecular weight excluding hydrogens is 347 g/mol. The first kappa shape index (κ1) is 9.58. The second kappa shape index (κ2) is 4.04. The van der Waals surface area contributed by atoms with Crippen molar-refractivity contribution < 1.29 is 9.47 Å². The monoisotopic (exact) mass is 354 g/mol. The average molecular weight is 355 g/mol. The van der Waals surface area contributed by atoms with Gasteiger partial charge in [-0.3, -0.25) is 0 Å². The Morgan fingerprint density at radius 1 is 1.23 bits per heavy atom. The predicted molar refractivity (Wildman–Crippen MR) is 62.9 cm³/mol. The Morgan fingerprint density at radius 3 is 2.46 bits per heavy atom. The molecule has 2 nitrogen and oxygen atoms in total. The lowest BCUT2D eigenvalue weighted by Crippen LogP contribution is -2.15. The normalized spacial score (nSPS) is 14.3. The third-order valence-electron chi connectivity index (χ3n) is 1.86. The Kier molecular flexibility index (Phi) is 2.98. The Balaban J connectivity index is 2.44. The molecule has 0 spiro atoms. The summed E-state index contributed by atoms with van der Waals surface area (Å²) in [6, 6.07) is 4.01. The molecule has 2 rings (SSSR count). The van der Waals surface area contributed by atoms with E-state index in [0.29, 0.717) is 13.2 Å². The largest absolute Gasteiger partial charge is 0.486 e. The highest BCUT2D eigenvalue weighted by atomic mass is 127. The summed E-state index contributed by atoms with van der Waals surface area (Å²) in [5.41, 5.74) is 1.24. The van der Waals surface area contributed by atoms with Gasteiger partial charge in [-0.15, -0.1) is 0 Å². The SMILES string of the molecule is Brc1cc2c(cc1CI)OCCO2. The summed E-state index contributed by atoms with van der Waals surface area (Å²) in [6.45, 7) is 1.29. The zero-order valence-electron chi connectivity index (χ0n) is 6.85. The molecule has 1 aliphatic heterocycles. The first-order valence-corrected chi connectivity index (χ1v) is 6.27. The number of alkyl halides is 1. The maximum Gasteiger partial charge on any atom is 0.162 e. The molecule has 0 unspecified atom stereocenters. The van der Waals surface area contributed by atoms with Crippen molar-refractivity contribution >= 4 is 38.5 Å². The number of hydrogen-bond acceptors (Lipinski definition) is 2. The molecule has 70 valence electrons. The third-order valence-corrected chi connectivity index (χ3v) is 3.42. The molecule has 0 bridgehead atoms. The lowest BCUT2D eigenvalue weighted by molar-refractivity contribution is 0.171. The third kappa shape index (κ3) is 1.93. The minimum Gasteiger partial charge on any atom is -0.486 e. The molecule has 1 aromatic carbocycles. The van der Waals surface area contributed by atoms with Crippen molar-refractivity contribution in [3.63, 3.8) is 0 Å². The van der Waals surface area contributed by atoms with Crippen molar-refractivity contribution in [3.05, 3.63) is 22.2 Å². The van der Waals surface area contributed by atoms with Gasteiger partial charge in [-0.05, 0) is 17.7 Å². The topological polar surface area (TPSA) is 18.5 Å². The quantitative estimate of drug-likeness (QED) is 0.569. The van der Waals surface area contributed by atoms with Crippen LogP contribution in [0.1, 0.15) is 5.56 Å². The summed E-state index contributed by atoms with van der Waals surface area (Å²) in [5, 5.41) is 0. The van der Waals surface area contributed by atoms with Crippen molar-refractivity contribution in [3.8, 4) is 11.5 Å². The molecule has 1 aromatic rings. The summed E-state index contributed by atoms with van der Waals surface area (Å²) >= 11 is 5.82. The standard InChI is InChI=1S/C9H8BrIO2/c10-7-4-9-8(3-6(7)5-11)12-1-2-13-9/h3-4H,1-2,5H2. The predicted octanol–water partition coefficient (Wildman–Crippen LogP) is 3.16. The average Bonchev–Trinajstić information content (AvgIpc) is 2.17. The van der Waals surface area contributed by atoms with Gasteiger partial charge in [0.25, 0.3) is 0 Å². The van der Waals surface area contributed by atoms with Gasteiger partial charge in [-0.25, -0.2) is 0 Å². The molecular formula is C9H8BrIO2. The molecule has 0 aliphatic carbocycles. The highest BCUT2D eigenvalue weighted by molar-refractivity contribution is 14.1. The van der Waals surface area contributed by atoms with Gasteiger partial charge in [-0.2, -0.15) is 0 Å². The van der Waals surface area contributed by atoms with Crippen molar-refractivity contribution in [2.24, 2.45) is 0 Å². The van der Waals surface area contributed by atoms with Gasteiger partial charge in [0, 0.05) is 8.90 Å². The van der Waals surface area contributed by atoms with Crippen LogP contribution in [0, 0.1) is 0 Å². The fourth-order valence-electron chi connectivity index (χ4n) is 1.21. The van der Waals surface area contributed by atoms with Gasteiger partial charge in [-0.1, -0.05) is 38.5 Å². The van der Waals surface area contributed by atoms with E-state index in [0.717, 1.165) is 20.4 Å². The summed E-state index contributed by atoms with van der Waals surface area (Å²) in [4.78, 5) is 0. The summed E-state index contributed by atoms with van der Waals surface area (Å²) in [5.74, 6) is 1.70. The van der Waals surface area contributed by atoms with E-state index in [1.807, 2.05) is 12.1 Å². The minimum absolute atomic E-state index is 0.642. The Bertz CT molecular complexity index is 328. The van der Waals surface area contributed by atoms with Crippen LogP contribution < -0.4 is 9.47 Å². The molecule has 0 saturated carbocycles. The van der Waals surface area contributed by atoms with Gasteiger partial charge in [0.05, 0.1) is 0 Å². The fourth-order valence-corrected chi connectivity index (χ4v) is 2.83. The van der Waals surface area contributed by atoms with Crippen LogP contribution >= 0.6 is 38.5 Å². The van der Waals surface area contributed by atoms with Gasteiger partial charge in [0.2, 0.25) is 0 Å². The molecule has 0 saturated heterocycles. The Morgan fingerprint density at radius 2 is 1.85 bits per heavy atom. The lowest BCUT2D eigenvalue weighted by atomic mass is 10.2. The van der Waals surface area contributed by atoms with E-state index in [-0.39, 0.29) is 0 Å². The van der Waals surface area contributed by atoms with Crippen LogP contribution in [0.5, 0.6) is 11.5 Å². The van der Waals surface area contributed by atoms with Crippen molar-refractivity contribution in [1.29, 1.82) is 0 Å². The molecule has 0 aromatic heterocycles. The van der Waals surface area contributed by atoms with Crippen LogP contribution in [0.4, 0.5) is 0 Å². The maximum atomic E-state index is 5.47. The molecule has 0 fully saturated rings. The molecule has 0 radical (unpaired) electrons. The van der Waals surface area contributed by atoms with Gasteiger partial charge < -0.3 is 9.47 Å². The van der Waals surface area contributed by atoms with E-state index in [4.69, 9.17) is 9.47 Å². The summed E-state index contributed by atoms with van der Waals surface area (Å²) in [6.07, 6.45) is 0.